The summed E-state index contributed by atoms with van der Waals surface area (Å²) >= 11 is 0. The number of anilines is 1. The molecule has 0 aromatic heterocycles. The average Bonchev–Trinajstić information content (AvgIpc) is 2.52. The molecule has 0 unspecified atom stereocenters. The maximum atomic E-state index is 5.65. The molecule has 0 aliphatic rings. The Morgan fingerprint density at radius 2 is 1.55 bits per heavy atom. The lowest BCUT2D eigenvalue weighted by Crippen LogP contribution is -1.98. The van der Waals surface area contributed by atoms with E-state index < -0.39 is 0 Å². The summed E-state index contributed by atoms with van der Waals surface area (Å²) in [6.45, 7) is 6.86. The molecule has 0 heterocycles. The Morgan fingerprint density at radius 1 is 0.950 bits per heavy atom. The minimum atomic E-state index is 0.808. The Bertz CT molecular complexity index is 513. The Labute approximate surface area is 122 Å². The lowest BCUT2D eigenvalue weighted by molar-refractivity contribution is 0.967. The third kappa shape index (κ3) is 5.27. The van der Waals surface area contributed by atoms with Crippen LogP contribution < -0.4 is 5.73 Å². The second kappa shape index (κ2) is 8.92. The first-order valence-corrected chi connectivity index (χ1v) is 7.16. The van der Waals surface area contributed by atoms with E-state index >= 15 is 0 Å². The second-order valence-corrected chi connectivity index (χ2v) is 4.32. The smallest absolute Gasteiger partial charge is 0.0433 e. The van der Waals surface area contributed by atoms with Crippen LogP contribution in [0.5, 0.6) is 0 Å². The largest absolute Gasteiger partial charge is 0.399 e. The molecule has 0 aliphatic carbocycles. The number of nitrogen functional groups attached to an aromatic ring is 1. The maximum absolute atomic E-state index is 5.65. The van der Waals surface area contributed by atoms with Crippen LogP contribution in [0.1, 0.15) is 31.9 Å². The van der Waals surface area contributed by atoms with Gasteiger partial charge in [0.25, 0.3) is 0 Å². The third-order valence-corrected chi connectivity index (χ3v) is 2.92. The van der Waals surface area contributed by atoms with Gasteiger partial charge in [0.2, 0.25) is 0 Å². The molecule has 0 radical (unpaired) electrons. The fourth-order valence-corrected chi connectivity index (χ4v) is 1.81. The summed E-state index contributed by atoms with van der Waals surface area (Å²) in [6, 6.07) is 18.2. The predicted octanol–water partition coefficient (Wildman–Crippen LogP) is 4.35. The Morgan fingerprint density at radius 3 is 2.15 bits per heavy atom. The fourth-order valence-electron chi connectivity index (χ4n) is 1.81. The molecule has 0 saturated heterocycles. The van der Waals surface area contributed by atoms with Crippen LogP contribution in [0, 0.1) is 0 Å². The van der Waals surface area contributed by atoms with Crippen molar-refractivity contribution in [3.05, 3.63) is 65.7 Å². The van der Waals surface area contributed by atoms with E-state index in [0.29, 0.717) is 0 Å². The number of benzene rings is 2. The van der Waals surface area contributed by atoms with Gasteiger partial charge >= 0.3 is 0 Å². The number of hydrogen-bond donors (Lipinski definition) is 1. The van der Waals surface area contributed by atoms with Crippen molar-refractivity contribution in [3.8, 4) is 0 Å². The van der Waals surface area contributed by atoms with Gasteiger partial charge in [-0.1, -0.05) is 56.3 Å². The summed E-state index contributed by atoms with van der Waals surface area (Å²) in [6.07, 6.45) is 0.949. The van der Waals surface area contributed by atoms with Gasteiger partial charge in [-0.25, -0.2) is 0 Å². The highest BCUT2D eigenvalue weighted by Crippen LogP contribution is 2.07. The van der Waals surface area contributed by atoms with E-state index in [9.17, 15) is 0 Å². The molecule has 0 aliphatic heterocycles. The fraction of sp³-hybridized carbons (Fsp3) is 0.278. The van der Waals surface area contributed by atoms with Crippen LogP contribution in [-0.4, -0.2) is 12.3 Å². The first kappa shape index (κ1) is 16.0. The Kier molecular flexibility index (Phi) is 7.12. The van der Waals surface area contributed by atoms with Gasteiger partial charge in [-0.2, -0.15) is 0 Å². The van der Waals surface area contributed by atoms with E-state index in [2.05, 4.69) is 36.2 Å². The van der Waals surface area contributed by atoms with Crippen LogP contribution in [-0.2, 0) is 6.42 Å². The topological polar surface area (TPSA) is 38.4 Å². The van der Waals surface area contributed by atoms with Gasteiger partial charge < -0.3 is 5.73 Å². The van der Waals surface area contributed by atoms with Crippen molar-refractivity contribution < 1.29 is 0 Å². The van der Waals surface area contributed by atoms with Crippen molar-refractivity contribution >= 4 is 11.4 Å². The van der Waals surface area contributed by atoms with Gasteiger partial charge in [-0.05, 0) is 36.6 Å². The van der Waals surface area contributed by atoms with Gasteiger partial charge in [0.1, 0.15) is 0 Å². The summed E-state index contributed by atoms with van der Waals surface area (Å²) in [5, 5.41) is 0. The molecule has 106 valence electrons. The average molecular weight is 268 g/mol. The van der Waals surface area contributed by atoms with Gasteiger partial charge in [0.15, 0.2) is 0 Å². The van der Waals surface area contributed by atoms with Crippen LogP contribution in [0.2, 0.25) is 0 Å². The zero-order valence-corrected chi connectivity index (χ0v) is 12.6. The van der Waals surface area contributed by atoms with E-state index in [4.69, 9.17) is 5.73 Å². The SMILES string of the molecule is CC.CC(=NCCc1ccc(N)cc1)c1ccccc1. The minimum absolute atomic E-state index is 0.808. The van der Waals surface area contributed by atoms with Gasteiger partial charge in [0.05, 0.1) is 0 Å². The van der Waals surface area contributed by atoms with E-state index in [-0.39, 0.29) is 0 Å². The maximum Gasteiger partial charge on any atom is 0.0433 e. The normalized spacial score (nSPS) is 10.7. The number of aliphatic imine (C=N–C) groups is 1. The number of hydrogen-bond acceptors (Lipinski definition) is 2. The third-order valence-electron chi connectivity index (χ3n) is 2.92. The molecule has 0 bridgehead atoms. The minimum Gasteiger partial charge on any atom is -0.399 e. The van der Waals surface area contributed by atoms with E-state index in [1.807, 2.05) is 44.2 Å². The van der Waals surface area contributed by atoms with Crippen molar-refractivity contribution in [2.75, 3.05) is 12.3 Å². The molecule has 0 amide bonds. The molecule has 20 heavy (non-hydrogen) atoms. The zero-order valence-electron chi connectivity index (χ0n) is 12.6. The molecule has 0 atom stereocenters. The van der Waals surface area contributed by atoms with Crippen LogP contribution >= 0.6 is 0 Å². The first-order chi connectivity index (χ1) is 9.75. The molecule has 2 heteroatoms. The zero-order chi connectivity index (χ0) is 14.8. The molecular formula is C18H24N2. The van der Waals surface area contributed by atoms with Crippen molar-refractivity contribution in [3.63, 3.8) is 0 Å². The lowest BCUT2D eigenvalue weighted by atomic mass is 10.1. The predicted molar refractivity (Wildman–Crippen MR) is 89.4 cm³/mol. The van der Waals surface area contributed by atoms with Crippen LogP contribution in [0.15, 0.2) is 59.6 Å². The number of nitrogens with zero attached hydrogens (tertiary/aromatic N) is 1. The Balaban J connectivity index is 0.000000956. The number of rotatable bonds is 4. The quantitative estimate of drug-likeness (QED) is 0.650. The molecule has 2 rings (SSSR count). The number of nitrogens with two attached hydrogens (primary N) is 1. The molecule has 2 nitrogen and oxygen atoms in total. The molecule has 0 spiro atoms. The van der Waals surface area contributed by atoms with Crippen molar-refractivity contribution in [2.24, 2.45) is 4.99 Å². The van der Waals surface area contributed by atoms with Crippen molar-refractivity contribution in [1.82, 2.24) is 0 Å². The van der Waals surface area contributed by atoms with Crippen LogP contribution in [0.3, 0.4) is 0 Å². The summed E-state index contributed by atoms with van der Waals surface area (Å²) in [5.41, 5.74) is 10.0. The molecule has 0 saturated carbocycles. The Hall–Kier alpha value is -2.09. The summed E-state index contributed by atoms with van der Waals surface area (Å²) < 4.78 is 0. The highest BCUT2D eigenvalue weighted by Gasteiger charge is 1.96. The standard InChI is InChI=1S/C16H18N2.C2H6/c1-13(15-5-3-2-4-6-15)18-12-11-14-7-9-16(17)10-8-14;1-2/h2-10H,11-12,17H2,1H3;1-2H3. The van der Waals surface area contributed by atoms with E-state index in [1.165, 1.54) is 11.1 Å². The molecule has 2 aromatic carbocycles. The van der Waals surface area contributed by atoms with Crippen molar-refractivity contribution in [1.29, 1.82) is 0 Å². The van der Waals surface area contributed by atoms with Gasteiger partial charge in [-0.3, -0.25) is 4.99 Å². The van der Waals surface area contributed by atoms with E-state index in [1.54, 1.807) is 0 Å². The van der Waals surface area contributed by atoms with Crippen molar-refractivity contribution in [2.45, 2.75) is 27.2 Å². The molecular weight excluding hydrogens is 244 g/mol. The van der Waals surface area contributed by atoms with Crippen LogP contribution in [0.25, 0.3) is 0 Å². The highest BCUT2D eigenvalue weighted by atomic mass is 14.7. The monoisotopic (exact) mass is 268 g/mol. The van der Waals surface area contributed by atoms with Gasteiger partial charge in [0, 0.05) is 17.9 Å². The molecule has 2 aromatic rings. The van der Waals surface area contributed by atoms with Gasteiger partial charge in [-0.15, -0.1) is 0 Å². The molecule has 0 fully saturated rings. The molecule has 2 N–H and O–H groups in total. The second-order valence-electron chi connectivity index (χ2n) is 4.32. The first-order valence-electron chi connectivity index (χ1n) is 7.16. The summed E-state index contributed by atoms with van der Waals surface area (Å²) in [7, 11) is 0. The summed E-state index contributed by atoms with van der Waals surface area (Å²) in [4.78, 5) is 4.60. The lowest BCUT2D eigenvalue weighted by Gasteiger charge is -2.02. The van der Waals surface area contributed by atoms with Crippen LogP contribution in [0.4, 0.5) is 5.69 Å². The van der Waals surface area contributed by atoms with E-state index in [0.717, 1.165) is 24.4 Å². The summed E-state index contributed by atoms with van der Waals surface area (Å²) in [5.74, 6) is 0. The highest BCUT2D eigenvalue weighted by molar-refractivity contribution is 5.98.